The van der Waals surface area contributed by atoms with Crippen LogP contribution in [0.1, 0.15) is 32.7 Å². The van der Waals surface area contributed by atoms with Gasteiger partial charge in [-0.2, -0.15) is 0 Å². The Balaban J connectivity index is 0.000000309. The predicted octanol–water partition coefficient (Wildman–Crippen LogP) is 2.63. The van der Waals surface area contributed by atoms with Crippen molar-refractivity contribution in [1.29, 1.82) is 0 Å². The molecule has 3 rings (SSSR count). The lowest BCUT2D eigenvalue weighted by Crippen LogP contribution is -2.15. The molecule has 2 heterocycles. The predicted molar refractivity (Wildman–Crippen MR) is 85.4 cm³/mol. The molecule has 0 aromatic carbocycles. The van der Waals surface area contributed by atoms with Gasteiger partial charge in [0.25, 0.3) is 0 Å². The first-order chi connectivity index (χ1) is 10.3. The minimum Gasteiger partial charge on any atom is -0.366 e. The molecule has 118 valence electrons. The molecule has 0 fully saturated rings. The SMILES string of the molecule is C=CC1=CC(n2cnc3c(Cl)ncnc32)CC1.CC(C)(O)O. The number of hydrogen-bond donors (Lipinski definition) is 2. The number of rotatable bonds is 2. The summed E-state index contributed by atoms with van der Waals surface area (Å²) in [5.74, 6) is -1.50. The molecule has 0 aliphatic heterocycles. The second kappa shape index (κ2) is 6.56. The Morgan fingerprint density at radius 3 is 2.64 bits per heavy atom. The number of halogens is 1. The monoisotopic (exact) mass is 322 g/mol. The van der Waals surface area contributed by atoms with Gasteiger partial charge < -0.3 is 14.8 Å². The molecule has 2 aromatic heterocycles. The first kappa shape index (κ1) is 16.6. The molecule has 2 N–H and O–H groups in total. The molecular weight excluding hydrogens is 304 g/mol. The second-order valence-corrected chi connectivity index (χ2v) is 5.89. The Morgan fingerprint density at radius 1 is 1.36 bits per heavy atom. The fraction of sp³-hybridized carbons (Fsp3) is 0.400. The molecule has 0 bridgehead atoms. The van der Waals surface area contributed by atoms with Crippen molar-refractivity contribution < 1.29 is 10.2 Å². The summed E-state index contributed by atoms with van der Waals surface area (Å²) < 4.78 is 2.04. The lowest BCUT2D eigenvalue weighted by molar-refractivity contribution is -0.127. The molecule has 1 aliphatic carbocycles. The van der Waals surface area contributed by atoms with Gasteiger partial charge in [0, 0.05) is 0 Å². The summed E-state index contributed by atoms with van der Waals surface area (Å²) >= 11 is 5.97. The molecule has 0 radical (unpaired) electrons. The van der Waals surface area contributed by atoms with Crippen molar-refractivity contribution in [2.75, 3.05) is 0 Å². The minimum absolute atomic E-state index is 0.291. The molecule has 6 nitrogen and oxygen atoms in total. The number of imidazole rings is 1. The van der Waals surface area contributed by atoms with Gasteiger partial charge in [0.1, 0.15) is 11.8 Å². The highest BCUT2D eigenvalue weighted by atomic mass is 35.5. The van der Waals surface area contributed by atoms with Gasteiger partial charge in [0.2, 0.25) is 0 Å². The van der Waals surface area contributed by atoms with E-state index in [2.05, 4.69) is 27.6 Å². The van der Waals surface area contributed by atoms with Crippen LogP contribution in [0.25, 0.3) is 11.2 Å². The molecule has 0 amide bonds. The van der Waals surface area contributed by atoms with Gasteiger partial charge in [0.15, 0.2) is 16.6 Å². The van der Waals surface area contributed by atoms with Crippen LogP contribution in [0.4, 0.5) is 0 Å². The quantitative estimate of drug-likeness (QED) is 0.656. The molecule has 1 atom stereocenters. The van der Waals surface area contributed by atoms with Gasteiger partial charge in [-0.3, -0.25) is 0 Å². The van der Waals surface area contributed by atoms with E-state index in [0.29, 0.717) is 16.7 Å². The van der Waals surface area contributed by atoms with E-state index in [1.165, 1.54) is 25.7 Å². The molecule has 2 aromatic rings. The van der Waals surface area contributed by atoms with Crippen LogP contribution in [0.5, 0.6) is 0 Å². The van der Waals surface area contributed by atoms with Crippen molar-refractivity contribution in [3.8, 4) is 0 Å². The normalized spacial score (nSPS) is 17.9. The van der Waals surface area contributed by atoms with Gasteiger partial charge in [0.05, 0.1) is 12.4 Å². The van der Waals surface area contributed by atoms with Gasteiger partial charge in [-0.05, 0) is 26.7 Å². The van der Waals surface area contributed by atoms with Crippen molar-refractivity contribution in [1.82, 2.24) is 19.5 Å². The highest BCUT2D eigenvalue weighted by molar-refractivity contribution is 6.33. The maximum Gasteiger partial charge on any atom is 0.165 e. The summed E-state index contributed by atoms with van der Waals surface area (Å²) in [6.07, 6.45) is 9.45. The van der Waals surface area contributed by atoms with Crippen LogP contribution in [0.3, 0.4) is 0 Å². The molecule has 0 saturated heterocycles. The van der Waals surface area contributed by atoms with Crippen LogP contribution in [-0.4, -0.2) is 35.5 Å². The zero-order valence-electron chi connectivity index (χ0n) is 12.6. The highest BCUT2D eigenvalue weighted by Crippen LogP contribution is 2.31. The maximum absolute atomic E-state index is 8.08. The van der Waals surface area contributed by atoms with Crippen molar-refractivity contribution in [3.05, 3.63) is 42.1 Å². The molecule has 1 aliphatic rings. The van der Waals surface area contributed by atoms with Crippen LogP contribution in [0, 0.1) is 0 Å². The topological polar surface area (TPSA) is 84.1 Å². The third kappa shape index (κ3) is 4.13. The van der Waals surface area contributed by atoms with Crippen LogP contribution in [-0.2, 0) is 0 Å². The Morgan fingerprint density at radius 2 is 2.05 bits per heavy atom. The fourth-order valence-electron chi connectivity index (χ4n) is 2.18. The number of nitrogens with zero attached hydrogens (tertiary/aromatic N) is 4. The standard InChI is InChI=1S/C12H11ClN4.C3H8O2/c1-2-8-3-4-9(5-8)17-7-16-10-11(13)14-6-15-12(10)17;1-3(2,4)5/h2,5-7,9H,1,3-4H2;4-5H,1-2H3. The van der Waals surface area contributed by atoms with E-state index in [0.717, 1.165) is 18.5 Å². The van der Waals surface area contributed by atoms with Crippen LogP contribution < -0.4 is 0 Å². The largest absolute Gasteiger partial charge is 0.366 e. The molecule has 22 heavy (non-hydrogen) atoms. The summed E-state index contributed by atoms with van der Waals surface area (Å²) in [5, 5.41) is 16.6. The first-order valence-corrected chi connectivity index (χ1v) is 7.28. The molecule has 0 spiro atoms. The number of aromatic nitrogens is 4. The van der Waals surface area contributed by atoms with Gasteiger partial charge in [-0.25, -0.2) is 15.0 Å². The van der Waals surface area contributed by atoms with Crippen LogP contribution in [0.15, 0.2) is 37.0 Å². The van der Waals surface area contributed by atoms with Gasteiger partial charge >= 0.3 is 0 Å². The van der Waals surface area contributed by atoms with E-state index in [1.807, 2.05) is 10.6 Å². The fourth-order valence-corrected chi connectivity index (χ4v) is 2.36. The zero-order valence-corrected chi connectivity index (χ0v) is 13.3. The highest BCUT2D eigenvalue weighted by Gasteiger charge is 2.19. The summed E-state index contributed by atoms with van der Waals surface area (Å²) in [7, 11) is 0. The number of fused-ring (bicyclic) bond motifs is 1. The number of aliphatic hydroxyl groups is 2. The van der Waals surface area contributed by atoms with Crippen molar-refractivity contribution in [2.45, 2.75) is 38.5 Å². The van der Waals surface area contributed by atoms with Gasteiger partial charge in [-0.1, -0.05) is 35.9 Å². The Labute approximate surface area is 133 Å². The molecule has 1 unspecified atom stereocenters. The average Bonchev–Trinajstić information content (AvgIpc) is 3.02. The molecule has 0 saturated carbocycles. The lowest BCUT2D eigenvalue weighted by atomic mass is 10.2. The number of hydrogen-bond acceptors (Lipinski definition) is 5. The Hall–Kier alpha value is -1.76. The maximum atomic E-state index is 8.08. The van der Waals surface area contributed by atoms with E-state index in [9.17, 15) is 0 Å². The Bertz CT molecular complexity index is 697. The third-order valence-corrected chi connectivity index (χ3v) is 3.35. The van der Waals surface area contributed by atoms with Crippen LogP contribution >= 0.6 is 11.6 Å². The lowest BCUT2D eigenvalue weighted by Gasteiger charge is -2.09. The average molecular weight is 323 g/mol. The van der Waals surface area contributed by atoms with E-state index in [1.54, 1.807) is 6.33 Å². The van der Waals surface area contributed by atoms with Crippen molar-refractivity contribution >= 4 is 22.8 Å². The Kier molecular flexibility index (Phi) is 4.95. The second-order valence-electron chi connectivity index (χ2n) is 5.53. The third-order valence-electron chi connectivity index (χ3n) is 3.07. The first-order valence-electron chi connectivity index (χ1n) is 6.90. The number of allylic oxidation sites excluding steroid dienone is 3. The van der Waals surface area contributed by atoms with E-state index in [-0.39, 0.29) is 0 Å². The molecule has 7 heteroatoms. The molecular formula is C15H19ClN4O2. The van der Waals surface area contributed by atoms with Crippen molar-refractivity contribution in [2.24, 2.45) is 0 Å². The summed E-state index contributed by atoms with van der Waals surface area (Å²) in [5.41, 5.74) is 2.73. The summed E-state index contributed by atoms with van der Waals surface area (Å²) in [6.45, 7) is 6.39. The van der Waals surface area contributed by atoms with Crippen molar-refractivity contribution in [3.63, 3.8) is 0 Å². The van der Waals surface area contributed by atoms with E-state index >= 15 is 0 Å². The van der Waals surface area contributed by atoms with Crippen LogP contribution in [0.2, 0.25) is 5.15 Å². The van der Waals surface area contributed by atoms with E-state index < -0.39 is 5.79 Å². The van der Waals surface area contributed by atoms with Gasteiger partial charge in [-0.15, -0.1) is 0 Å². The zero-order chi connectivity index (χ0) is 16.3. The smallest absolute Gasteiger partial charge is 0.165 e. The summed E-state index contributed by atoms with van der Waals surface area (Å²) in [6, 6.07) is 0.291. The summed E-state index contributed by atoms with van der Waals surface area (Å²) in [4.78, 5) is 12.4. The minimum atomic E-state index is -1.50. The van der Waals surface area contributed by atoms with E-state index in [4.69, 9.17) is 21.8 Å².